The molecule has 3 heterocycles. The van der Waals surface area contributed by atoms with Crippen LogP contribution in [-0.2, 0) is 11.2 Å². The molecule has 1 amide bonds. The number of ether oxygens (including phenoxy) is 3. The minimum atomic E-state index is 0.0466. The van der Waals surface area contributed by atoms with Crippen molar-refractivity contribution in [3.8, 4) is 28.4 Å². The van der Waals surface area contributed by atoms with E-state index in [-0.39, 0.29) is 12.5 Å². The smallest absolute Gasteiger partial charge is 0.260 e. The monoisotopic (exact) mass is 497 g/mol. The lowest BCUT2D eigenvalue weighted by atomic mass is 9.90. The van der Waals surface area contributed by atoms with Crippen LogP contribution in [0.4, 0.5) is 0 Å². The third-order valence-electron chi connectivity index (χ3n) is 7.40. The molecule has 4 aromatic rings. The lowest BCUT2D eigenvalue weighted by molar-refractivity contribution is -0.134. The molecular formula is C30H31N3O4. The summed E-state index contributed by atoms with van der Waals surface area (Å²) in [6.45, 7) is 2.84. The zero-order chi connectivity index (χ0) is 25.0. The number of carbonyl (C=O) groups excluding carboxylic acids is 1. The molecule has 2 aliphatic rings. The number of fused-ring (bicyclic) bond motifs is 2. The van der Waals surface area contributed by atoms with Gasteiger partial charge in [0.25, 0.3) is 5.91 Å². The summed E-state index contributed by atoms with van der Waals surface area (Å²) in [7, 11) is 0. The molecule has 3 aromatic carbocycles. The number of nitrogens with one attached hydrogen (secondary N) is 1. The highest BCUT2D eigenvalue weighted by atomic mass is 16.6. The third-order valence-corrected chi connectivity index (χ3v) is 7.40. The SMILES string of the molecule is O=C(COc1ccccc1-c1ccc2[nH]ncc2c1)N1CCC(CCc2ccc3c(c2)OCCO3)CC1. The van der Waals surface area contributed by atoms with Crippen LogP contribution in [0.1, 0.15) is 24.8 Å². The Morgan fingerprint density at radius 1 is 1.00 bits per heavy atom. The number of hydrogen-bond donors (Lipinski definition) is 1. The average Bonchev–Trinajstić information content (AvgIpc) is 3.43. The molecule has 0 unspecified atom stereocenters. The number of para-hydroxylation sites is 1. The van der Waals surface area contributed by atoms with Gasteiger partial charge in [-0.15, -0.1) is 0 Å². The van der Waals surface area contributed by atoms with Gasteiger partial charge in [-0.1, -0.05) is 30.3 Å². The Hall–Kier alpha value is -4.00. The Morgan fingerprint density at radius 3 is 2.73 bits per heavy atom. The van der Waals surface area contributed by atoms with Crippen LogP contribution in [0.5, 0.6) is 17.2 Å². The quantitative estimate of drug-likeness (QED) is 0.377. The molecular weight excluding hydrogens is 466 g/mol. The summed E-state index contributed by atoms with van der Waals surface area (Å²) in [5, 5.41) is 8.12. The summed E-state index contributed by atoms with van der Waals surface area (Å²) in [6.07, 6.45) is 5.99. The fourth-order valence-corrected chi connectivity index (χ4v) is 5.26. The lowest BCUT2D eigenvalue weighted by Gasteiger charge is -2.32. The van der Waals surface area contributed by atoms with Crippen LogP contribution in [0.25, 0.3) is 22.0 Å². The zero-order valence-corrected chi connectivity index (χ0v) is 20.8. The first kappa shape index (κ1) is 23.4. The Morgan fingerprint density at radius 2 is 1.84 bits per heavy atom. The number of aryl methyl sites for hydroxylation is 1. The van der Waals surface area contributed by atoms with Crippen LogP contribution in [0.2, 0.25) is 0 Å². The van der Waals surface area contributed by atoms with Gasteiger partial charge in [-0.05, 0) is 73.1 Å². The highest BCUT2D eigenvalue weighted by Crippen LogP contribution is 2.33. The molecule has 37 heavy (non-hydrogen) atoms. The fraction of sp³-hybridized carbons (Fsp3) is 0.333. The predicted molar refractivity (Wildman–Crippen MR) is 142 cm³/mol. The normalized spacial score (nSPS) is 15.6. The second kappa shape index (κ2) is 10.5. The van der Waals surface area contributed by atoms with E-state index in [1.807, 2.05) is 53.6 Å². The van der Waals surface area contributed by atoms with E-state index >= 15 is 0 Å². The van der Waals surface area contributed by atoms with Crippen molar-refractivity contribution in [1.82, 2.24) is 15.1 Å². The van der Waals surface area contributed by atoms with Crippen molar-refractivity contribution < 1.29 is 19.0 Å². The molecule has 0 spiro atoms. The van der Waals surface area contributed by atoms with Crippen molar-refractivity contribution in [3.63, 3.8) is 0 Å². The van der Waals surface area contributed by atoms with Crippen molar-refractivity contribution in [2.75, 3.05) is 32.9 Å². The first-order chi connectivity index (χ1) is 18.2. The van der Waals surface area contributed by atoms with Gasteiger partial charge in [0.15, 0.2) is 18.1 Å². The maximum atomic E-state index is 12.9. The van der Waals surface area contributed by atoms with Crippen LogP contribution in [0.3, 0.4) is 0 Å². The first-order valence-electron chi connectivity index (χ1n) is 13.0. The van der Waals surface area contributed by atoms with Gasteiger partial charge in [-0.3, -0.25) is 9.89 Å². The maximum Gasteiger partial charge on any atom is 0.260 e. The van der Waals surface area contributed by atoms with E-state index in [2.05, 4.69) is 28.4 Å². The molecule has 0 atom stereocenters. The molecule has 7 heteroatoms. The number of aromatic amines is 1. The standard InChI is InChI=1S/C30H31N3O4/c34-30(20-37-27-4-2-1-3-25(27)23-8-9-26-24(18-23)19-31-32-26)33-13-11-21(12-14-33)5-6-22-7-10-28-29(17-22)36-16-15-35-28/h1-4,7-10,17-19,21H,5-6,11-16,20H2,(H,31,32). The van der Waals surface area contributed by atoms with E-state index in [1.165, 1.54) is 5.56 Å². The third kappa shape index (κ3) is 5.26. The van der Waals surface area contributed by atoms with E-state index in [1.54, 1.807) is 0 Å². The molecule has 1 N–H and O–H groups in total. The van der Waals surface area contributed by atoms with E-state index < -0.39 is 0 Å². The first-order valence-corrected chi connectivity index (χ1v) is 13.0. The van der Waals surface area contributed by atoms with E-state index in [9.17, 15) is 4.79 Å². The summed E-state index contributed by atoms with van der Waals surface area (Å²) < 4.78 is 17.4. The van der Waals surface area contributed by atoms with Crippen molar-refractivity contribution >= 4 is 16.8 Å². The Bertz CT molecular complexity index is 1390. The fourth-order valence-electron chi connectivity index (χ4n) is 5.26. The highest BCUT2D eigenvalue weighted by molar-refractivity contribution is 5.85. The Kier molecular flexibility index (Phi) is 6.67. The van der Waals surface area contributed by atoms with Gasteiger partial charge in [0, 0.05) is 24.0 Å². The van der Waals surface area contributed by atoms with Gasteiger partial charge in [0.2, 0.25) is 0 Å². The van der Waals surface area contributed by atoms with Crippen molar-refractivity contribution in [2.45, 2.75) is 25.7 Å². The zero-order valence-electron chi connectivity index (χ0n) is 20.8. The molecule has 0 bridgehead atoms. The number of benzene rings is 3. The Labute approximate surface area is 216 Å². The van der Waals surface area contributed by atoms with Crippen LogP contribution in [-0.4, -0.2) is 53.9 Å². The van der Waals surface area contributed by atoms with E-state index in [0.29, 0.717) is 24.9 Å². The van der Waals surface area contributed by atoms with Crippen molar-refractivity contribution in [2.24, 2.45) is 5.92 Å². The largest absolute Gasteiger partial charge is 0.486 e. The molecule has 1 fully saturated rings. The summed E-state index contributed by atoms with van der Waals surface area (Å²) in [4.78, 5) is 14.9. The van der Waals surface area contributed by atoms with E-state index in [4.69, 9.17) is 14.2 Å². The molecule has 0 saturated carbocycles. The molecule has 6 rings (SSSR count). The Balaban J connectivity index is 1.00. The van der Waals surface area contributed by atoms with Gasteiger partial charge < -0.3 is 19.1 Å². The predicted octanol–water partition coefficient (Wildman–Crippen LogP) is 5.25. The van der Waals surface area contributed by atoms with Crippen LogP contribution < -0.4 is 14.2 Å². The number of amides is 1. The average molecular weight is 498 g/mol. The van der Waals surface area contributed by atoms with Gasteiger partial charge in [-0.25, -0.2) is 0 Å². The number of nitrogens with zero attached hydrogens (tertiary/aromatic N) is 2. The van der Waals surface area contributed by atoms with Crippen molar-refractivity contribution in [1.29, 1.82) is 0 Å². The van der Waals surface area contributed by atoms with Gasteiger partial charge in [0.1, 0.15) is 19.0 Å². The molecule has 2 aliphatic heterocycles. The maximum absolute atomic E-state index is 12.9. The number of rotatable bonds is 7. The second-order valence-electron chi connectivity index (χ2n) is 9.80. The van der Waals surface area contributed by atoms with E-state index in [0.717, 1.165) is 72.3 Å². The number of carbonyl (C=O) groups is 1. The number of likely N-dealkylation sites (tertiary alicyclic amines) is 1. The molecule has 0 radical (unpaired) electrons. The summed E-state index contributed by atoms with van der Waals surface area (Å²) in [5.74, 6) is 3.08. The second-order valence-corrected chi connectivity index (χ2v) is 9.80. The number of hydrogen-bond acceptors (Lipinski definition) is 5. The van der Waals surface area contributed by atoms with Crippen LogP contribution in [0, 0.1) is 5.92 Å². The lowest BCUT2D eigenvalue weighted by Crippen LogP contribution is -2.41. The molecule has 190 valence electrons. The highest BCUT2D eigenvalue weighted by Gasteiger charge is 2.23. The summed E-state index contributed by atoms with van der Waals surface area (Å²) in [6, 6.07) is 20.3. The number of aromatic nitrogens is 2. The molecule has 1 aromatic heterocycles. The minimum absolute atomic E-state index is 0.0466. The number of H-pyrrole nitrogens is 1. The number of piperidine rings is 1. The minimum Gasteiger partial charge on any atom is -0.486 e. The van der Waals surface area contributed by atoms with Crippen LogP contribution in [0.15, 0.2) is 66.9 Å². The van der Waals surface area contributed by atoms with Gasteiger partial charge in [-0.2, -0.15) is 5.10 Å². The van der Waals surface area contributed by atoms with Gasteiger partial charge in [0.05, 0.1) is 11.7 Å². The molecule has 7 nitrogen and oxygen atoms in total. The topological polar surface area (TPSA) is 76.7 Å². The molecule has 0 aliphatic carbocycles. The van der Waals surface area contributed by atoms with Crippen molar-refractivity contribution in [3.05, 3.63) is 72.4 Å². The summed E-state index contributed by atoms with van der Waals surface area (Å²) >= 11 is 0. The summed E-state index contributed by atoms with van der Waals surface area (Å²) in [5.41, 5.74) is 4.28. The van der Waals surface area contributed by atoms with Crippen LogP contribution >= 0.6 is 0 Å². The molecule has 1 saturated heterocycles. The van der Waals surface area contributed by atoms with Gasteiger partial charge >= 0.3 is 0 Å².